The Morgan fingerprint density at radius 3 is 2.43 bits per heavy atom. The number of carbonyl (C=O) groups excluding carboxylic acids is 1. The highest BCUT2D eigenvalue weighted by atomic mass is 35.5. The van der Waals surface area contributed by atoms with Crippen molar-refractivity contribution in [2.24, 2.45) is 0 Å². The lowest BCUT2D eigenvalue weighted by Gasteiger charge is -2.11. The molecule has 0 radical (unpaired) electrons. The molecule has 0 aliphatic heterocycles. The summed E-state index contributed by atoms with van der Waals surface area (Å²) >= 11 is 12.3. The summed E-state index contributed by atoms with van der Waals surface area (Å²) in [5.41, 5.74) is 1.04. The van der Waals surface area contributed by atoms with Gasteiger partial charge in [0, 0.05) is 16.7 Å². The molecule has 3 aromatic carbocycles. The maximum atomic E-state index is 13.1. The summed E-state index contributed by atoms with van der Waals surface area (Å²) in [6.45, 7) is 0. The average Bonchev–Trinajstić information content (AvgIpc) is 2.76. The van der Waals surface area contributed by atoms with Crippen LogP contribution in [-0.2, 0) is 4.79 Å². The monoisotopic (exact) mass is 436 g/mol. The van der Waals surface area contributed by atoms with E-state index in [9.17, 15) is 9.59 Å². The van der Waals surface area contributed by atoms with Gasteiger partial charge in [-0.05, 0) is 42.0 Å². The molecule has 30 heavy (non-hydrogen) atoms. The molecule has 0 aliphatic rings. The third-order valence-electron chi connectivity index (χ3n) is 4.34. The maximum Gasteiger partial charge on any atom is 0.336 e. The van der Waals surface area contributed by atoms with Crippen molar-refractivity contribution in [3.05, 3.63) is 105 Å². The first-order valence-corrected chi connectivity index (χ1v) is 9.75. The van der Waals surface area contributed by atoms with Crippen LogP contribution in [-0.4, -0.2) is 5.97 Å². The zero-order valence-electron chi connectivity index (χ0n) is 15.5. The van der Waals surface area contributed by atoms with Crippen molar-refractivity contribution in [1.82, 2.24) is 0 Å². The van der Waals surface area contributed by atoms with Gasteiger partial charge in [0.1, 0.15) is 5.58 Å². The van der Waals surface area contributed by atoms with E-state index in [4.69, 9.17) is 32.4 Å². The van der Waals surface area contributed by atoms with Gasteiger partial charge < -0.3 is 9.15 Å². The Balaban J connectivity index is 1.82. The van der Waals surface area contributed by atoms with Gasteiger partial charge in [0.05, 0.1) is 10.4 Å². The van der Waals surface area contributed by atoms with Crippen molar-refractivity contribution in [2.45, 2.75) is 0 Å². The fourth-order valence-electron chi connectivity index (χ4n) is 2.93. The van der Waals surface area contributed by atoms with Crippen molar-refractivity contribution >= 4 is 46.2 Å². The highest BCUT2D eigenvalue weighted by Crippen LogP contribution is 2.35. The number of fused-ring (bicyclic) bond motifs is 1. The summed E-state index contributed by atoms with van der Waals surface area (Å²) in [6.07, 6.45) is 2.84. The van der Waals surface area contributed by atoms with Gasteiger partial charge in [-0.15, -0.1) is 0 Å². The van der Waals surface area contributed by atoms with Gasteiger partial charge in [0.2, 0.25) is 11.2 Å². The second-order valence-corrected chi connectivity index (χ2v) is 7.22. The number of hydrogen-bond donors (Lipinski definition) is 0. The summed E-state index contributed by atoms with van der Waals surface area (Å²) in [7, 11) is 0. The topological polar surface area (TPSA) is 56.5 Å². The molecule has 1 aromatic heterocycles. The first-order valence-electron chi connectivity index (χ1n) is 8.99. The molecule has 1 heterocycles. The molecule has 148 valence electrons. The summed E-state index contributed by atoms with van der Waals surface area (Å²) in [5, 5.41) is 0.917. The van der Waals surface area contributed by atoms with Gasteiger partial charge in [-0.1, -0.05) is 65.7 Å². The lowest BCUT2D eigenvalue weighted by Crippen LogP contribution is -2.14. The van der Waals surface area contributed by atoms with Crippen LogP contribution in [0.2, 0.25) is 10.0 Å². The SMILES string of the molecule is O=C(C=Cc1ccccc1)Oc1c(-c2ccccc2Cl)oc2ccc(Cl)cc2c1=O. The molecule has 0 unspecified atom stereocenters. The van der Waals surface area contributed by atoms with Crippen LogP contribution in [0.25, 0.3) is 28.4 Å². The van der Waals surface area contributed by atoms with E-state index >= 15 is 0 Å². The van der Waals surface area contributed by atoms with E-state index in [1.54, 1.807) is 42.5 Å². The quantitative estimate of drug-likeness (QED) is 0.274. The number of rotatable bonds is 4. The van der Waals surface area contributed by atoms with Crippen molar-refractivity contribution in [3.63, 3.8) is 0 Å². The molecular weight excluding hydrogens is 423 g/mol. The van der Waals surface area contributed by atoms with Crippen LogP contribution < -0.4 is 10.2 Å². The highest BCUT2D eigenvalue weighted by Gasteiger charge is 2.21. The number of carbonyl (C=O) groups is 1. The van der Waals surface area contributed by atoms with Gasteiger partial charge in [0.25, 0.3) is 0 Å². The molecule has 0 N–H and O–H groups in total. The molecular formula is C24H14Cl2O4. The van der Waals surface area contributed by atoms with Gasteiger partial charge in [-0.2, -0.15) is 0 Å². The summed E-state index contributed by atoms with van der Waals surface area (Å²) in [4.78, 5) is 25.6. The molecule has 0 saturated carbocycles. The van der Waals surface area contributed by atoms with Crippen LogP contribution in [0, 0.1) is 0 Å². The van der Waals surface area contributed by atoms with Gasteiger partial charge in [0.15, 0.2) is 5.76 Å². The Morgan fingerprint density at radius 1 is 0.933 bits per heavy atom. The van der Waals surface area contributed by atoms with Crippen molar-refractivity contribution < 1.29 is 13.9 Å². The third-order valence-corrected chi connectivity index (χ3v) is 4.91. The smallest absolute Gasteiger partial charge is 0.336 e. The summed E-state index contributed by atoms with van der Waals surface area (Å²) < 4.78 is 11.3. The fourth-order valence-corrected chi connectivity index (χ4v) is 3.32. The van der Waals surface area contributed by atoms with Crippen molar-refractivity contribution in [2.75, 3.05) is 0 Å². The van der Waals surface area contributed by atoms with Gasteiger partial charge in [-0.3, -0.25) is 4.79 Å². The second kappa shape index (κ2) is 8.57. The molecule has 0 aliphatic carbocycles. The minimum atomic E-state index is -0.721. The van der Waals surface area contributed by atoms with Crippen LogP contribution in [0.5, 0.6) is 5.75 Å². The predicted molar refractivity (Wildman–Crippen MR) is 119 cm³/mol. The van der Waals surface area contributed by atoms with Crippen molar-refractivity contribution in [1.29, 1.82) is 0 Å². The molecule has 0 fully saturated rings. The number of hydrogen-bond acceptors (Lipinski definition) is 4. The van der Waals surface area contributed by atoms with Crippen LogP contribution in [0.4, 0.5) is 0 Å². The van der Waals surface area contributed by atoms with Gasteiger partial charge >= 0.3 is 5.97 Å². The second-order valence-electron chi connectivity index (χ2n) is 6.37. The normalized spacial score (nSPS) is 11.1. The van der Waals surface area contributed by atoms with Crippen LogP contribution in [0.1, 0.15) is 5.56 Å². The van der Waals surface area contributed by atoms with Crippen LogP contribution in [0.3, 0.4) is 0 Å². The predicted octanol–water partition coefficient (Wildman–Crippen LogP) is 6.39. The first kappa shape index (κ1) is 20.0. The lowest BCUT2D eigenvalue weighted by molar-refractivity contribution is -0.129. The first-order chi connectivity index (χ1) is 14.5. The summed E-state index contributed by atoms with van der Waals surface area (Å²) in [6, 6.07) is 20.7. The minimum absolute atomic E-state index is 0.0712. The molecule has 0 atom stereocenters. The zero-order valence-corrected chi connectivity index (χ0v) is 17.0. The molecule has 0 saturated heterocycles. The Bertz CT molecular complexity index is 1320. The molecule has 4 aromatic rings. The summed E-state index contributed by atoms with van der Waals surface area (Å²) in [5.74, 6) is -0.900. The Kier molecular flexibility index (Phi) is 5.70. The van der Waals surface area contributed by atoms with E-state index in [-0.39, 0.29) is 16.9 Å². The van der Waals surface area contributed by atoms with E-state index in [0.717, 1.165) is 5.56 Å². The molecule has 4 nitrogen and oxygen atoms in total. The van der Waals surface area contributed by atoms with E-state index in [1.165, 1.54) is 12.1 Å². The maximum absolute atomic E-state index is 13.1. The van der Waals surface area contributed by atoms with E-state index in [0.29, 0.717) is 21.2 Å². The van der Waals surface area contributed by atoms with E-state index in [2.05, 4.69) is 0 Å². The molecule has 6 heteroatoms. The molecule has 4 rings (SSSR count). The Hall–Kier alpha value is -3.34. The fraction of sp³-hybridized carbons (Fsp3) is 0. The largest absolute Gasteiger partial charge is 0.452 e. The lowest BCUT2D eigenvalue weighted by atomic mass is 10.1. The number of esters is 1. The van der Waals surface area contributed by atoms with Crippen LogP contribution >= 0.6 is 23.2 Å². The highest BCUT2D eigenvalue weighted by molar-refractivity contribution is 6.33. The molecule has 0 bridgehead atoms. The molecule has 0 amide bonds. The van der Waals surface area contributed by atoms with E-state index < -0.39 is 11.4 Å². The zero-order chi connectivity index (χ0) is 21.1. The van der Waals surface area contributed by atoms with Crippen molar-refractivity contribution in [3.8, 4) is 17.1 Å². The van der Waals surface area contributed by atoms with Gasteiger partial charge in [-0.25, -0.2) is 4.79 Å². The Labute approximate surface area is 181 Å². The molecule has 0 spiro atoms. The average molecular weight is 437 g/mol. The Morgan fingerprint density at radius 2 is 1.67 bits per heavy atom. The number of ether oxygens (including phenoxy) is 1. The van der Waals surface area contributed by atoms with E-state index in [1.807, 2.05) is 30.3 Å². The third kappa shape index (κ3) is 4.15. The van der Waals surface area contributed by atoms with Crippen LogP contribution in [0.15, 0.2) is 88.1 Å². The number of halogens is 2. The standard InChI is InChI=1S/C24H14Cl2O4/c25-16-11-12-20-18(14-16)22(28)24(23(29-20)17-8-4-5-9-19(17)26)30-21(27)13-10-15-6-2-1-3-7-15/h1-14H. The minimum Gasteiger partial charge on any atom is -0.452 e. The number of benzene rings is 3.